The van der Waals surface area contributed by atoms with Crippen LogP contribution >= 0.6 is 10.9 Å². The Hall–Kier alpha value is -2.78. The molecule has 38 heavy (non-hydrogen) atoms. The number of aliphatic hydroxyl groups is 1. The molecule has 0 bridgehead atoms. The zero-order valence-electron chi connectivity index (χ0n) is 22.7. The average Bonchev–Trinajstić information content (AvgIpc) is 3.27. The van der Waals surface area contributed by atoms with Crippen LogP contribution in [0, 0.1) is 0 Å². The van der Waals surface area contributed by atoms with E-state index in [0.717, 1.165) is 0 Å². The van der Waals surface area contributed by atoms with E-state index in [2.05, 4.69) is 69.3 Å². The fourth-order valence-electron chi connectivity index (χ4n) is 5.17. The Labute approximate surface area is 229 Å². The van der Waals surface area contributed by atoms with Crippen LogP contribution in [0.4, 0.5) is 0 Å². The minimum absolute atomic E-state index is 0.125. The molecular formula is C30H38O6SSi. The van der Waals surface area contributed by atoms with E-state index in [1.165, 1.54) is 17.5 Å². The average molecular weight is 555 g/mol. The summed E-state index contributed by atoms with van der Waals surface area (Å²) in [7, 11) is -0.317. The Bertz CT molecular complexity index is 1170. The molecule has 204 valence electrons. The van der Waals surface area contributed by atoms with Crippen molar-refractivity contribution in [1.82, 2.24) is 0 Å². The molecule has 0 aromatic heterocycles. The lowest BCUT2D eigenvalue weighted by atomic mass is 10.2. The third-order valence-corrected chi connectivity index (χ3v) is 14.6. The molecule has 1 saturated heterocycles. The molecule has 3 atom stereocenters. The van der Waals surface area contributed by atoms with Crippen molar-refractivity contribution < 1.29 is 28.5 Å². The van der Waals surface area contributed by atoms with Gasteiger partial charge in [-0.1, -0.05) is 81.4 Å². The van der Waals surface area contributed by atoms with E-state index in [1.54, 1.807) is 25.3 Å². The Morgan fingerprint density at radius 1 is 0.921 bits per heavy atom. The number of aliphatic hydroxyl groups excluding tert-OH is 1. The molecule has 0 spiro atoms. The van der Waals surface area contributed by atoms with Crippen molar-refractivity contribution >= 4 is 35.6 Å². The molecule has 1 unspecified atom stereocenters. The molecular weight excluding hydrogens is 516 g/mol. The van der Waals surface area contributed by atoms with Crippen LogP contribution in [0.5, 0.6) is 11.5 Å². The number of carbonyl (C=O) groups excluding carboxylic acids is 1. The predicted molar refractivity (Wildman–Crippen MR) is 157 cm³/mol. The summed E-state index contributed by atoms with van der Waals surface area (Å²) in [6.07, 6.45) is -1.31. The highest BCUT2D eigenvalue weighted by molar-refractivity contribution is 8.17. The second-order valence-corrected chi connectivity index (χ2v) is 17.2. The third kappa shape index (κ3) is 5.78. The van der Waals surface area contributed by atoms with Crippen molar-refractivity contribution in [1.29, 1.82) is 0 Å². The van der Waals surface area contributed by atoms with Gasteiger partial charge in [-0.25, -0.2) is 15.7 Å². The molecule has 3 aromatic carbocycles. The first-order valence-electron chi connectivity index (χ1n) is 12.8. The van der Waals surface area contributed by atoms with E-state index in [9.17, 15) is 9.90 Å². The summed E-state index contributed by atoms with van der Waals surface area (Å²) >= 11 is 0. The molecule has 1 N–H and O–H groups in total. The topological polar surface area (TPSA) is 74.2 Å². The predicted octanol–water partition coefficient (Wildman–Crippen LogP) is 4.14. The summed E-state index contributed by atoms with van der Waals surface area (Å²) in [5.41, 5.74) is 0.306. The van der Waals surface area contributed by atoms with Crippen molar-refractivity contribution in [3.63, 3.8) is 0 Å². The number of esters is 1. The zero-order valence-corrected chi connectivity index (χ0v) is 24.6. The minimum Gasteiger partial charge on any atom is -0.497 e. The van der Waals surface area contributed by atoms with Crippen LogP contribution < -0.4 is 19.8 Å². The zero-order chi connectivity index (χ0) is 27.3. The van der Waals surface area contributed by atoms with Crippen LogP contribution in [0.1, 0.15) is 31.1 Å². The molecule has 0 aliphatic carbocycles. The van der Waals surface area contributed by atoms with Crippen LogP contribution in [0.3, 0.4) is 0 Å². The van der Waals surface area contributed by atoms with Crippen LogP contribution in [0.15, 0.2) is 78.9 Å². The summed E-state index contributed by atoms with van der Waals surface area (Å²) in [6.45, 7) is 6.76. The Kier molecular flexibility index (Phi) is 8.87. The lowest BCUT2D eigenvalue weighted by Crippen LogP contribution is -2.66. The third-order valence-electron chi connectivity index (χ3n) is 7.08. The van der Waals surface area contributed by atoms with Crippen molar-refractivity contribution in [2.75, 3.05) is 31.7 Å². The van der Waals surface area contributed by atoms with Crippen LogP contribution in [-0.2, 0) is 9.16 Å². The van der Waals surface area contributed by atoms with E-state index < -0.39 is 37.4 Å². The van der Waals surface area contributed by atoms with Crippen molar-refractivity contribution in [3.05, 3.63) is 84.4 Å². The molecule has 1 aliphatic heterocycles. The van der Waals surface area contributed by atoms with Crippen molar-refractivity contribution in [2.45, 2.75) is 38.0 Å². The van der Waals surface area contributed by atoms with E-state index in [1.807, 2.05) is 12.1 Å². The quantitative estimate of drug-likeness (QED) is 0.235. The molecule has 6 nitrogen and oxygen atoms in total. The number of ether oxygens (including phenoxy) is 3. The molecule has 1 fully saturated rings. The summed E-state index contributed by atoms with van der Waals surface area (Å²) in [4.78, 5) is 13.0. The van der Waals surface area contributed by atoms with Gasteiger partial charge in [-0.2, -0.15) is 0 Å². The first kappa shape index (κ1) is 28.2. The van der Waals surface area contributed by atoms with E-state index in [-0.39, 0.29) is 5.04 Å². The number of rotatable bonds is 9. The number of methoxy groups -OCH3 is 2. The second kappa shape index (κ2) is 11.9. The number of hydrogen-bond donors (Lipinski definition) is 2. The first-order chi connectivity index (χ1) is 18.2. The molecule has 0 saturated carbocycles. The van der Waals surface area contributed by atoms with Gasteiger partial charge in [0.2, 0.25) is 0 Å². The molecule has 0 radical (unpaired) electrons. The first-order valence-corrected chi connectivity index (χ1v) is 16.6. The van der Waals surface area contributed by atoms with E-state index in [0.29, 0.717) is 34.5 Å². The van der Waals surface area contributed by atoms with Gasteiger partial charge in [0, 0.05) is 17.6 Å². The maximum atomic E-state index is 13.0. The van der Waals surface area contributed by atoms with E-state index in [4.69, 9.17) is 18.6 Å². The molecule has 1 heterocycles. The van der Waals surface area contributed by atoms with Crippen LogP contribution in [0.2, 0.25) is 5.04 Å². The lowest BCUT2D eigenvalue weighted by Gasteiger charge is -2.43. The summed E-state index contributed by atoms with van der Waals surface area (Å²) in [5.74, 6) is 2.16. The summed E-state index contributed by atoms with van der Waals surface area (Å²) in [5, 5.41) is 13.2. The van der Waals surface area contributed by atoms with Crippen LogP contribution in [-0.4, -0.2) is 63.3 Å². The van der Waals surface area contributed by atoms with Gasteiger partial charge in [0.1, 0.15) is 23.2 Å². The van der Waals surface area contributed by atoms with Gasteiger partial charge in [-0.3, -0.25) is 0 Å². The fraction of sp³-hybridized carbons (Fsp3) is 0.367. The normalized spacial score (nSPS) is 20.6. The van der Waals surface area contributed by atoms with Gasteiger partial charge in [0.05, 0.1) is 26.3 Å². The highest BCUT2D eigenvalue weighted by Crippen LogP contribution is 2.42. The highest BCUT2D eigenvalue weighted by atomic mass is 32.2. The van der Waals surface area contributed by atoms with Gasteiger partial charge >= 0.3 is 5.97 Å². The highest BCUT2D eigenvalue weighted by Gasteiger charge is 2.50. The van der Waals surface area contributed by atoms with Crippen LogP contribution in [0.25, 0.3) is 0 Å². The SMILES string of the molecule is COc1ccc(C(=O)O[C@H]2C[SH](CO[Si](c3ccccc3)(c3ccccc3)C(C)(C)C)C[C@H]2O)c(OC)c1. The van der Waals surface area contributed by atoms with Gasteiger partial charge in [0.15, 0.2) is 0 Å². The number of hydrogen-bond acceptors (Lipinski definition) is 6. The van der Waals surface area contributed by atoms with Gasteiger partial charge in [-0.15, -0.1) is 0 Å². The summed E-state index contributed by atoms with van der Waals surface area (Å²) in [6, 6.07) is 26.0. The Morgan fingerprint density at radius 2 is 1.53 bits per heavy atom. The van der Waals surface area contributed by atoms with Crippen molar-refractivity contribution in [3.8, 4) is 11.5 Å². The van der Waals surface area contributed by atoms with Crippen molar-refractivity contribution in [2.24, 2.45) is 0 Å². The van der Waals surface area contributed by atoms with Gasteiger partial charge in [0.25, 0.3) is 8.32 Å². The maximum absolute atomic E-state index is 13.0. The smallest absolute Gasteiger partial charge is 0.342 e. The largest absolute Gasteiger partial charge is 0.497 e. The number of carbonyl (C=O) groups is 1. The monoisotopic (exact) mass is 554 g/mol. The van der Waals surface area contributed by atoms with Gasteiger partial charge in [-0.05, 0) is 27.5 Å². The fourth-order valence-corrected chi connectivity index (χ4v) is 12.8. The Morgan fingerprint density at radius 3 is 2.05 bits per heavy atom. The lowest BCUT2D eigenvalue weighted by molar-refractivity contribution is 0.00183. The Balaban J connectivity index is 1.52. The summed E-state index contributed by atoms with van der Waals surface area (Å²) < 4.78 is 23.4. The standard InChI is InChI=1S/C30H38O6SSi/c1-30(2,3)38(23-12-8-6-9-13-23,24-14-10-7-11-15-24)35-21-37-19-26(31)28(20-37)36-29(32)25-17-16-22(33-4)18-27(25)34-5/h6-18,26,28,31,37H,19-21H2,1-5H3/t26-,28+/m1/s1. The maximum Gasteiger partial charge on any atom is 0.342 e. The van der Waals surface area contributed by atoms with Gasteiger partial charge < -0.3 is 23.7 Å². The van der Waals surface area contributed by atoms with E-state index >= 15 is 0 Å². The molecule has 3 aromatic rings. The number of benzene rings is 3. The number of thiol groups is 1. The minimum atomic E-state index is -2.67. The second-order valence-electron chi connectivity index (χ2n) is 10.5. The molecule has 0 amide bonds. The molecule has 1 aliphatic rings. The molecule has 8 heteroatoms. The molecule has 4 rings (SSSR count).